The third-order valence-electron chi connectivity index (χ3n) is 6.19. The van der Waals surface area contributed by atoms with Gasteiger partial charge < -0.3 is 21.3 Å². The van der Waals surface area contributed by atoms with Crippen molar-refractivity contribution in [3.63, 3.8) is 0 Å². The van der Waals surface area contributed by atoms with Crippen LogP contribution >= 0.6 is 0 Å². The molecule has 168 valence electrons. The number of nitrogens with one attached hydrogen (secondary N) is 2. The van der Waals surface area contributed by atoms with Gasteiger partial charge in [-0.05, 0) is 69.9 Å². The van der Waals surface area contributed by atoms with E-state index in [1.807, 2.05) is 18.2 Å². The molecule has 0 spiro atoms. The fourth-order valence-electron chi connectivity index (χ4n) is 4.40. The number of carbonyl (C=O) groups excluding carboxylic acids is 1. The fraction of sp³-hybridized carbons (Fsp3) is 0.400. The van der Waals surface area contributed by atoms with Crippen LogP contribution in [0.2, 0.25) is 0 Å². The molecule has 32 heavy (non-hydrogen) atoms. The van der Waals surface area contributed by atoms with Gasteiger partial charge in [-0.1, -0.05) is 18.2 Å². The van der Waals surface area contributed by atoms with Crippen LogP contribution in [0.3, 0.4) is 0 Å². The number of hydrogen-bond donors (Lipinski definition) is 3. The summed E-state index contributed by atoms with van der Waals surface area (Å²) in [4.78, 5) is 24.4. The predicted octanol–water partition coefficient (Wildman–Crippen LogP) is 4.21. The number of aromatic nitrogens is 2. The number of nitrogen functional groups attached to an aromatic ring is 1. The Labute approximate surface area is 189 Å². The van der Waals surface area contributed by atoms with E-state index in [2.05, 4.69) is 35.4 Å². The average Bonchev–Trinajstić information content (AvgIpc) is 2.81. The van der Waals surface area contributed by atoms with Crippen molar-refractivity contribution in [2.75, 3.05) is 29.0 Å². The second-order valence-corrected chi connectivity index (χ2v) is 8.35. The van der Waals surface area contributed by atoms with Crippen molar-refractivity contribution in [3.05, 3.63) is 54.1 Å². The largest absolute Gasteiger partial charge is 0.399 e. The number of rotatable bonds is 7. The maximum absolute atomic E-state index is 12.5. The van der Waals surface area contributed by atoms with E-state index >= 15 is 0 Å². The first-order chi connectivity index (χ1) is 15.6. The van der Waals surface area contributed by atoms with Crippen LogP contribution in [-0.2, 0) is 0 Å². The van der Waals surface area contributed by atoms with E-state index in [-0.39, 0.29) is 11.9 Å². The van der Waals surface area contributed by atoms with E-state index in [0.717, 1.165) is 55.5 Å². The summed E-state index contributed by atoms with van der Waals surface area (Å²) in [5.41, 5.74) is 7.97. The Kier molecular flexibility index (Phi) is 6.73. The van der Waals surface area contributed by atoms with Gasteiger partial charge in [0.15, 0.2) is 0 Å². The topological polar surface area (TPSA) is 96.2 Å². The van der Waals surface area contributed by atoms with Crippen molar-refractivity contribution >= 4 is 34.3 Å². The lowest BCUT2D eigenvalue weighted by molar-refractivity contribution is 0.0926. The molecule has 7 nitrogen and oxygen atoms in total. The molecule has 3 aromatic rings. The van der Waals surface area contributed by atoms with Crippen molar-refractivity contribution in [1.82, 2.24) is 15.3 Å². The minimum absolute atomic E-state index is 0.0598. The van der Waals surface area contributed by atoms with Crippen LogP contribution < -0.4 is 21.3 Å². The molecule has 4 N–H and O–H groups in total. The zero-order chi connectivity index (χ0) is 22.5. The Bertz CT molecular complexity index is 1070. The Balaban J connectivity index is 1.40. The van der Waals surface area contributed by atoms with E-state index in [0.29, 0.717) is 23.2 Å². The SMILES string of the molecule is CCN(CC)c1nc(N[C@H]2CC[C@@H](NC(=O)c3cccc(N)c3)CC2)nc2ccccc12. The summed E-state index contributed by atoms with van der Waals surface area (Å²) in [6, 6.07) is 15.7. The van der Waals surface area contributed by atoms with Gasteiger partial charge in [-0.3, -0.25) is 4.79 Å². The Morgan fingerprint density at radius 3 is 2.44 bits per heavy atom. The van der Waals surface area contributed by atoms with Crippen LogP contribution in [0.25, 0.3) is 10.9 Å². The van der Waals surface area contributed by atoms with Gasteiger partial charge in [0.05, 0.1) is 5.52 Å². The highest BCUT2D eigenvalue weighted by Gasteiger charge is 2.24. The van der Waals surface area contributed by atoms with Crippen molar-refractivity contribution in [2.45, 2.75) is 51.6 Å². The summed E-state index contributed by atoms with van der Waals surface area (Å²) < 4.78 is 0. The maximum Gasteiger partial charge on any atom is 0.251 e. The van der Waals surface area contributed by atoms with Crippen molar-refractivity contribution < 1.29 is 4.79 Å². The maximum atomic E-state index is 12.5. The first kappa shape index (κ1) is 21.9. The van der Waals surface area contributed by atoms with Gasteiger partial charge >= 0.3 is 0 Å². The van der Waals surface area contributed by atoms with E-state index in [1.54, 1.807) is 24.3 Å². The summed E-state index contributed by atoms with van der Waals surface area (Å²) >= 11 is 0. The molecule has 0 atom stereocenters. The number of anilines is 3. The lowest BCUT2D eigenvalue weighted by atomic mass is 9.91. The van der Waals surface area contributed by atoms with Crippen LogP contribution in [0.5, 0.6) is 0 Å². The highest BCUT2D eigenvalue weighted by atomic mass is 16.1. The van der Waals surface area contributed by atoms with Gasteiger partial charge in [-0.25, -0.2) is 4.98 Å². The Hall–Kier alpha value is -3.35. The molecule has 1 saturated carbocycles. The number of benzene rings is 2. The second-order valence-electron chi connectivity index (χ2n) is 8.35. The minimum Gasteiger partial charge on any atom is -0.399 e. The van der Waals surface area contributed by atoms with E-state index in [4.69, 9.17) is 15.7 Å². The quantitative estimate of drug-likeness (QED) is 0.484. The number of amides is 1. The van der Waals surface area contributed by atoms with Crippen molar-refractivity contribution in [1.29, 1.82) is 0 Å². The smallest absolute Gasteiger partial charge is 0.251 e. The molecule has 1 aliphatic rings. The molecule has 1 amide bonds. The number of para-hydroxylation sites is 1. The lowest BCUT2D eigenvalue weighted by Crippen LogP contribution is -2.40. The molecule has 4 rings (SSSR count). The molecule has 0 saturated heterocycles. The third-order valence-corrected chi connectivity index (χ3v) is 6.19. The zero-order valence-electron chi connectivity index (χ0n) is 18.8. The summed E-state index contributed by atoms with van der Waals surface area (Å²) in [5, 5.41) is 7.78. The number of fused-ring (bicyclic) bond motifs is 1. The molecule has 0 aliphatic heterocycles. The van der Waals surface area contributed by atoms with Gasteiger partial charge in [-0.15, -0.1) is 0 Å². The minimum atomic E-state index is -0.0598. The highest BCUT2D eigenvalue weighted by Crippen LogP contribution is 2.27. The monoisotopic (exact) mass is 432 g/mol. The van der Waals surface area contributed by atoms with Crippen molar-refractivity contribution in [2.24, 2.45) is 0 Å². The molecular weight excluding hydrogens is 400 g/mol. The molecule has 0 bridgehead atoms. The molecule has 1 aromatic heterocycles. The van der Waals surface area contributed by atoms with Gasteiger partial charge in [0.1, 0.15) is 5.82 Å². The molecule has 1 fully saturated rings. The van der Waals surface area contributed by atoms with E-state index in [9.17, 15) is 4.79 Å². The normalized spacial score (nSPS) is 18.3. The summed E-state index contributed by atoms with van der Waals surface area (Å²) in [6.07, 6.45) is 3.75. The average molecular weight is 433 g/mol. The number of nitrogens with two attached hydrogens (primary N) is 1. The third kappa shape index (κ3) is 4.93. The zero-order valence-corrected chi connectivity index (χ0v) is 18.8. The molecular formula is C25H32N6O. The van der Waals surface area contributed by atoms with E-state index < -0.39 is 0 Å². The fourth-order valence-corrected chi connectivity index (χ4v) is 4.40. The van der Waals surface area contributed by atoms with Crippen LogP contribution in [0, 0.1) is 0 Å². The van der Waals surface area contributed by atoms with Gasteiger partial charge in [0.25, 0.3) is 5.91 Å². The Morgan fingerprint density at radius 1 is 1.00 bits per heavy atom. The van der Waals surface area contributed by atoms with Gasteiger partial charge in [-0.2, -0.15) is 4.98 Å². The highest BCUT2D eigenvalue weighted by molar-refractivity contribution is 5.95. The van der Waals surface area contributed by atoms with Crippen molar-refractivity contribution in [3.8, 4) is 0 Å². The number of carbonyl (C=O) groups is 1. The number of nitrogens with zero attached hydrogens (tertiary/aromatic N) is 3. The van der Waals surface area contributed by atoms with Crippen LogP contribution in [-0.4, -0.2) is 41.0 Å². The second kappa shape index (κ2) is 9.85. The van der Waals surface area contributed by atoms with Gasteiger partial charge in [0.2, 0.25) is 5.95 Å². The molecule has 0 radical (unpaired) electrons. The van der Waals surface area contributed by atoms with Crippen LogP contribution in [0.4, 0.5) is 17.5 Å². The standard InChI is InChI=1S/C25H32N6O/c1-3-31(4-2)23-21-10-5-6-11-22(21)29-25(30-23)28-20-14-12-19(13-15-20)27-24(32)17-8-7-9-18(26)16-17/h5-11,16,19-20H,3-4,12-15,26H2,1-2H3,(H,27,32)(H,28,29,30)/t19-,20+. The molecule has 1 aliphatic carbocycles. The molecule has 2 aromatic carbocycles. The van der Waals surface area contributed by atoms with Gasteiger partial charge in [0, 0.05) is 41.8 Å². The summed E-state index contributed by atoms with van der Waals surface area (Å²) in [5.74, 6) is 1.60. The molecule has 0 unspecified atom stereocenters. The summed E-state index contributed by atoms with van der Waals surface area (Å²) in [6.45, 7) is 6.09. The molecule has 7 heteroatoms. The summed E-state index contributed by atoms with van der Waals surface area (Å²) in [7, 11) is 0. The molecule has 1 heterocycles. The Morgan fingerprint density at radius 2 is 1.72 bits per heavy atom. The predicted molar refractivity (Wildman–Crippen MR) is 131 cm³/mol. The lowest BCUT2D eigenvalue weighted by Gasteiger charge is -2.30. The van der Waals surface area contributed by atoms with E-state index in [1.165, 1.54) is 0 Å². The van der Waals surface area contributed by atoms with Crippen LogP contribution in [0.1, 0.15) is 49.9 Å². The first-order valence-electron chi connectivity index (χ1n) is 11.5. The van der Waals surface area contributed by atoms with Crippen LogP contribution in [0.15, 0.2) is 48.5 Å². The number of hydrogen-bond acceptors (Lipinski definition) is 6. The first-order valence-corrected chi connectivity index (χ1v) is 11.5.